The molecule has 0 amide bonds. The van der Waals surface area contributed by atoms with Gasteiger partial charge in [0.05, 0.1) is 31.8 Å². The van der Waals surface area contributed by atoms with Crippen LogP contribution in [-0.2, 0) is 4.74 Å². The third-order valence-electron chi connectivity index (χ3n) is 2.35. The van der Waals surface area contributed by atoms with Crippen LogP contribution in [0.1, 0.15) is 23.7 Å². The number of carbonyl (C=O) groups is 1. The summed E-state index contributed by atoms with van der Waals surface area (Å²) >= 11 is 0. The number of nitrogens with zero attached hydrogens (tertiary/aromatic N) is 1. The minimum Gasteiger partial charge on any atom is -0.493 e. The molecule has 0 unspecified atom stereocenters. The van der Waals surface area contributed by atoms with Crippen LogP contribution < -0.4 is 9.47 Å². The topological polar surface area (TPSA) is 87.9 Å². The molecule has 0 heterocycles. The van der Waals surface area contributed by atoms with Gasteiger partial charge in [-0.2, -0.15) is 0 Å². The first-order valence-electron chi connectivity index (χ1n) is 5.62. The first kappa shape index (κ1) is 14.7. The zero-order valence-electron chi connectivity index (χ0n) is 11.0. The van der Waals surface area contributed by atoms with E-state index in [2.05, 4.69) is 4.74 Å². The number of rotatable bonds is 6. The molecule has 0 atom stereocenters. The van der Waals surface area contributed by atoms with E-state index in [4.69, 9.17) is 9.47 Å². The lowest BCUT2D eigenvalue weighted by atomic mass is 10.1. The van der Waals surface area contributed by atoms with Crippen molar-refractivity contribution in [1.82, 2.24) is 0 Å². The third-order valence-corrected chi connectivity index (χ3v) is 2.35. The normalized spacial score (nSPS) is 9.84. The van der Waals surface area contributed by atoms with Crippen LogP contribution >= 0.6 is 0 Å². The molecule has 0 saturated carbocycles. The maximum Gasteiger partial charge on any atom is 0.345 e. The molecule has 19 heavy (non-hydrogen) atoms. The molecule has 0 saturated heterocycles. The first-order valence-corrected chi connectivity index (χ1v) is 5.62. The second kappa shape index (κ2) is 6.58. The third kappa shape index (κ3) is 3.34. The van der Waals surface area contributed by atoms with Gasteiger partial charge in [-0.1, -0.05) is 6.92 Å². The highest BCUT2D eigenvalue weighted by Crippen LogP contribution is 2.35. The number of hydrogen-bond acceptors (Lipinski definition) is 6. The van der Waals surface area contributed by atoms with E-state index in [0.717, 1.165) is 13.5 Å². The summed E-state index contributed by atoms with van der Waals surface area (Å²) in [5.41, 5.74) is -0.549. The molecule has 7 heteroatoms. The lowest BCUT2D eigenvalue weighted by Crippen LogP contribution is -2.07. The summed E-state index contributed by atoms with van der Waals surface area (Å²) in [5.74, 6) is -0.324. The van der Waals surface area contributed by atoms with Gasteiger partial charge in [0.2, 0.25) is 0 Å². The summed E-state index contributed by atoms with van der Waals surface area (Å²) in [5, 5.41) is 11.0. The van der Waals surface area contributed by atoms with Gasteiger partial charge in [0.25, 0.3) is 5.69 Å². The summed E-state index contributed by atoms with van der Waals surface area (Å²) in [7, 11) is 2.54. The Labute approximate surface area is 110 Å². The molecule has 0 aliphatic heterocycles. The van der Waals surface area contributed by atoms with E-state index in [1.807, 2.05) is 6.92 Å². The number of benzene rings is 1. The van der Waals surface area contributed by atoms with Gasteiger partial charge in [-0.05, 0) is 6.42 Å². The Kier molecular flexibility index (Phi) is 5.11. The van der Waals surface area contributed by atoms with Crippen molar-refractivity contribution in [3.05, 3.63) is 27.8 Å². The quantitative estimate of drug-likeness (QED) is 0.447. The number of esters is 1. The molecule has 104 valence electrons. The van der Waals surface area contributed by atoms with Crippen molar-refractivity contribution >= 4 is 11.7 Å². The van der Waals surface area contributed by atoms with Crippen LogP contribution in [0.3, 0.4) is 0 Å². The van der Waals surface area contributed by atoms with Crippen molar-refractivity contribution < 1.29 is 23.9 Å². The summed E-state index contributed by atoms with van der Waals surface area (Å²) < 4.78 is 14.9. The molecule has 0 aliphatic carbocycles. The van der Waals surface area contributed by atoms with Crippen LogP contribution in [0, 0.1) is 10.1 Å². The summed E-state index contributed by atoms with van der Waals surface area (Å²) in [4.78, 5) is 21.8. The van der Waals surface area contributed by atoms with Crippen molar-refractivity contribution in [2.24, 2.45) is 0 Å². The van der Waals surface area contributed by atoms with Gasteiger partial charge >= 0.3 is 5.97 Å². The number of nitro benzene ring substituents is 1. The van der Waals surface area contributed by atoms with Crippen molar-refractivity contribution in [2.45, 2.75) is 13.3 Å². The molecule has 0 fully saturated rings. The Morgan fingerprint density at radius 1 is 1.32 bits per heavy atom. The smallest absolute Gasteiger partial charge is 0.345 e. The van der Waals surface area contributed by atoms with Crippen molar-refractivity contribution in [2.75, 3.05) is 20.8 Å². The van der Waals surface area contributed by atoms with Crippen LogP contribution in [0.5, 0.6) is 11.5 Å². The highest BCUT2D eigenvalue weighted by molar-refractivity contribution is 5.94. The molecule has 7 nitrogen and oxygen atoms in total. The van der Waals surface area contributed by atoms with Gasteiger partial charge in [-0.15, -0.1) is 0 Å². The SMILES string of the molecule is CCCOc1cc([N+](=O)[O-])c(C(=O)OC)cc1OC. The van der Waals surface area contributed by atoms with Crippen LogP contribution in [0.4, 0.5) is 5.69 Å². The number of ether oxygens (including phenoxy) is 3. The molecular formula is C12H15NO6. The Morgan fingerprint density at radius 2 is 2.00 bits per heavy atom. The van der Waals surface area contributed by atoms with Crippen LogP contribution in [0.25, 0.3) is 0 Å². The van der Waals surface area contributed by atoms with Gasteiger partial charge in [0.15, 0.2) is 11.5 Å². The lowest BCUT2D eigenvalue weighted by Gasteiger charge is -2.11. The Balaban J connectivity index is 3.33. The fraction of sp³-hybridized carbons (Fsp3) is 0.417. The van der Waals surface area contributed by atoms with Crippen molar-refractivity contribution in [3.8, 4) is 11.5 Å². The van der Waals surface area contributed by atoms with E-state index in [-0.39, 0.29) is 22.7 Å². The molecule has 1 rings (SSSR count). The number of hydrogen-bond donors (Lipinski definition) is 0. The molecule has 0 spiro atoms. The second-order valence-corrected chi connectivity index (χ2v) is 3.62. The highest BCUT2D eigenvalue weighted by Gasteiger charge is 2.25. The predicted octanol–water partition coefficient (Wildman–Crippen LogP) is 2.18. The van der Waals surface area contributed by atoms with E-state index < -0.39 is 10.9 Å². The molecule has 0 bridgehead atoms. The number of nitro groups is 1. The van der Waals surface area contributed by atoms with E-state index in [9.17, 15) is 14.9 Å². The molecule has 1 aromatic rings. The predicted molar refractivity (Wildman–Crippen MR) is 66.8 cm³/mol. The first-order chi connectivity index (χ1) is 9.04. The lowest BCUT2D eigenvalue weighted by molar-refractivity contribution is -0.385. The molecule has 0 aliphatic rings. The summed E-state index contributed by atoms with van der Waals surface area (Å²) in [6.45, 7) is 2.30. The molecule has 0 N–H and O–H groups in total. The van der Waals surface area contributed by atoms with Gasteiger partial charge in [-0.25, -0.2) is 4.79 Å². The van der Waals surface area contributed by atoms with Gasteiger partial charge in [0, 0.05) is 6.07 Å². The van der Waals surface area contributed by atoms with E-state index in [1.165, 1.54) is 19.2 Å². The minimum atomic E-state index is -0.799. The van der Waals surface area contributed by atoms with Crippen LogP contribution in [-0.4, -0.2) is 31.7 Å². The Bertz CT molecular complexity index is 485. The average Bonchev–Trinajstić information content (AvgIpc) is 2.42. The number of methoxy groups -OCH3 is 2. The van der Waals surface area contributed by atoms with Crippen LogP contribution in [0.15, 0.2) is 12.1 Å². The van der Waals surface area contributed by atoms with Crippen molar-refractivity contribution in [1.29, 1.82) is 0 Å². The molecular weight excluding hydrogens is 254 g/mol. The zero-order valence-corrected chi connectivity index (χ0v) is 11.0. The number of carbonyl (C=O) groups excluding carboxylic acids is 1. The largest absolute Gasteiger partial charge is 0.493 e. The van der Waals surface area contributed by atoms with Gasteiger partial charge in [-0.3, -0.25) is 10.1 Å². The monoisotopic (exact) mass is 269 g/mol. The van der Waals surface area contributed by atoms with Gasteiger partial charge < -0.3 is 14.2 Å². The molecule has 0 aromatic heterocycles. The van der Waals surface area contributed by atoms with Gasteiger partial charge in [0.1, 0.15) is 5.56 Å². The van der Waals surface area contributed by atoms with E-state index in [0.29, 0.717) is 6.61 Å². The highest BCUT2D eigenvalue weighted by atomic mass is 16.6. The fourth-order valence-electron chi connectivity index (χ4n) is 1.46. The van der Waals surface area contributed by atoms with E-state index in [1.54, 1.807) is 0 Å². The van der Waals surface area contributed by atoms with Crippen molar-refractivity contribution in [3.63, 3.8) is 0 Å². The van der Waals surface area contributed by atoms with E-state index >= 15 is 0 Å². The maximum absolute atomic E-state index is 11.5. The Hall–Kier alpha value is -2.31. The maximum atomic E-state index is 11.5. The fourth-order valence-corrected chi connectivity index (χ4v) is 1.46. The minimum absolute atomic E-state index is 0.173. The van der Waals surface area contributed by atoms with Crippen LogP contribution in [0.2, 0.25) is 0 Å². The average molecular weight is 269 g/mol. The zero-order chi connectivity index (χ0) is 14.4. The second-order valence-electron chi connectivity index (χ2n) is 3.62. The molecule has 0 radical (unpaired) electrons. The summed E-state index contributed by atoms with van der Waals surface area (Å²) in [6, 6.07) is 2.41. The Morgan fingerprint density at radius 3 is 2.47 bits per heavy atom. The standard InChI is InChI=1S/C12H15NO6/c1-4-5-19-11-7-9(13(15)16)8(12(14)18-3)6-10(11)17-2/h6-7H,4-5H2,1-3H3. The molecule has 1 aromatic carbocycles. The summed E-state index contributed by atoms with van der Waals surface area (Å²) in [6.07, 6.45) is 0.746.